The number of hydrogen-bond donors (Lipinski definition) is 1. The van der Waals surface area contributed by atoms with Crippen LogP contribution in [0.3, 0.4) is 0 Å². The van der Waals surface area contributed by atoms with Crippen molar-refractivity contribution in [3.05, 3.63) is 29.8 Å². The van der Waals surface area contributed by atoms with Crippen molar-refractivity contribution in [3.63, 3.8) is 0 Å². The van der Waals surface area contributed by atoms with Crippen LogP contribution in [0.5, 0.6) is 5.75 Å². The lowest BCUT2D eigenvalue weighted by Crippen LogP contribution is -2.35. The zero-order chi connectivity index (χ0) is 13.0. The predicted octanol–water partition coefficient (Wildman–Crippen LogP) is 1.84. The second-order valence-electron chi connectivity index (χ2n) is 4.57. The SMILES string of the molecule is COCCC(=O)NC1(c2ccccc2OC)CC1. The molecule has 98 valence electrons. The summed E-state index contributed by atoms with van der Waals surface area (Å²) in [6, 6.07) is 7.85. The fourth-order valence-corrected chi connectivity index (χ4v) is 2.15. The molecule has 0 aromatic heterocycles. The van der Waals surface area contributed by atoms with Crippen molar-refractivity contribution in [1.29, 1.82) is 0 Å². The predicted molar refractivity (Wildman–Crippen MR) is 68.5 cm³/mol. The van der Waals surface area contributed by atoms with E-state index in [0.29, 0.717) is 13.0 Å². The van der Waals surface area contributed by atoms with E-state index in [9.17, 15) is 4.79 Å². The van der Waals surface area contributed by atoms with Crippen molar-refractivity contribution in [2.45, 2.75) is 24.8 Å². The first-order valence-corrected chi connectivity index (χ1v) is 6.15. The van der Waals surface area contributed by atoms with Crippen LogP contribution in [0.25, 0.3) is 0 Å². The molecule has 0 atom stereocenters. The summed E-state index contributed by atoms with van der Waals surface area (Å²) in [6.45, 7) is 0.452. The fraction of sp³-hybridized carbons (Fsp3) is 0.500. The summed E-state index contributed by atoms with van der Waals surface area (Å²) in [5.74, 6) is 0.863. The summed E-state index contributed by atoms with van der Waals surface area (Å²) in [5.41, 5.74) is 0.843. The molecule has 2 rings (SSSR count). The van der Waals surface area contributed by atoms with Gasteiger partial charge in [0.1, 0.15) is 5.75 Å². The van der Waals surface area contributed by atoms with Crippen LogP contribution in [0, 0.1) is 0 Å². The summed E-state index contributed by atoms with van der Waals surface area (Å²) in [5, 5.41) is 3.09. The van der Waals surface area contributed by atoms with E-state index in [1.54, 1.807) is 14.2 Å². The maximum atomic E-state index is 11.8. The number of methoxy groups -OCH3 is 2. The van der Waals surface area contributed by atoms with Crippen LogP contribution in [0.2, 0.25) is 0 Å². The van der Waals surface area contributed by atoms with Gasteiger partial charge in [0.15, 0.2) is 0 Å². The van der Waals surface area contributed by atoms with Gasteiger partial charge in [0.05, 0.1) is 19.3 Å². The minimum absolute atomic E-state index is 0.0280. The molecule has 1 aliphatic carbocycles. The molecular weight excluding hydrogens is 230 g/mol. The number of carbonyl (C=O) groups is 1. The Balaban J connectivity index is 2.09. The lowest BCUT2D eigenvalue weighted by atomic mass is 10.0. The molecule has 0 bridgehead atoms. The van der Waals surface area contributed by atoms with Gasteiger partial charge < -0.3 is 14.8 Å². The van der Waals surface area contributed by atoms with E-state index in [4.69, 9.17) is 9.47 Å². The summed E-state index contributed by atoms with van der Waals surface area (Å²) in [6.07, 6.45) is 2.32. The van der Waals surface area contributed by atoms with Crippen LogP contribution < -0.4 is 10.1 Å². The van der Waals surface area contributed by atoms with Crippen molar-refractivity contribution in [3.8, 4) is 5.75 Å². The Kier molecular flexibility index (Phi) is 3.87. The van der Waals surface area contributed by atoms with E-state index in [-0.39, 0.29) is 11.4 Å². The minimum atomic E-state index is -0.225. The van der Waals surface area contributed by atoms with E-state index in [1.165, 1.54) is 0 Å². The summed E-state index contributed by atoms with van der Waals surface area (Å²) >= 11 is 0. The molecule has 1 aromatic rings. The molecule has 4 nitrogen and oxygen atoms in total. The van der Waals surface area contributed by atoms with Gasteiger partial charge in [-0.25, -0.2) is 0 Å². The second-order valence-corrected chi connectivity index (χ2v) is 4.57. The van der Waals surface area contributed by atoms with Gasteiger partial charge in [-0.15, -0.1) is 0 Å². The second kappa shape index (κ2) is 5.40. The molecule has 1 saturated carbocycles. The number of hydrogen-bond acceptors (Lipinski definition) is 3. The Labute approximate surface area is 107 Å². The van der Waals surface area contributed by atoms with Crippen molar-refractivity contribution in [2.24, 2.45) is 0 Å². The molecule has 0 spiro atoms. The van der Waals surface area contributed by atoms with Gasteiger partial charge in [0.25, 0.3) is 0 Å². The Morgan fingerprint density at radius 3 is 2.67 bits per heavy atom. The monoisotopic (exact) mass is 249 g/mol. The lowest BCUT2D eigenvalue weighted by Gasteiger charge is -2.20. The van der Waals surface area contributed by atoms with E-state index < -0.39 is 0 Å². The summed E-state index contributed by atoms with van der Waals surface area (Å²) in [7, 11) is 3.25. The molecular formula is C14H19NO3. The highest BCUT2D eigenvalue weighted by atomic mass is 16.5. The van der Waals surface area contributed by atoms with E-state index in [2.05, 4.69) is 5.32 Å². The van der Waals surface area contributed by atoms with Crippen LogP contribution in [0.15, 0.2) is 24.3 Å². The highest BCUT2D eigenvalue weighted by Crippen LogP contribution is 2.48. The number of ether oxygens (including phenoxy) is 2. The van der Waals surface area contributed by atoms with Crippen molar-refractivity contribution in [2.75, 3.05) is 20.8 Å². The van der Waals surface area contributed by atoms with Gasteiger partial charge in [-0.3, -0.25) is 4.79 Å². The number of para-hydroxylation sites is 1. The molecule has 18 heavy (non-hydrogen) atoms. The molecule has 0 radical (unpaired) electrons. The molecule has 1 N–H and O–H groups in total. The number of nitrogens with one attached hydrogen (secondary N) is 1. The first-order chi connectivity index (χ1) is 8.72. The smallest absolute Gasteiger partial charge is 0.223 e. The maximum absolute atomic E-state index is 11.8. The van der Waals surface area contributed by atoms with E-state index in [1.807, 2.05) is 24.3 Å². The van der Waals surface area contributed by atoms with Crippen molar-refractivity contribution in [1.82, 2.24) is 5.32 Å². The molecule has 1 aliphatic rings. The topological polar surface area (TPSA) is 47.6 Å². The fourth-order valence-electron chi connectivity index (χ4n) is 2.15. The third-order valence-electron chi connectivity index (χ3n) is 3.28. The van der Waals surface area contributed by atoms with Gasteiger partial charge in [-0.2, -0.15) is 0 Å². The molecule has 1 amide bonds. The van der Waals surface area contributed by atoms with Crippen molar-refractivity contribution < 1.29 is 14.3 Å². The van der Waals surface area contributed by atoms with Crippen LogP contribution in [0.1, 0.15) is 24.8 Å². The Morgan fingerprint density at radius 1 is 1.33 bits per heavy atom. The minimum Gasteiger partial charge on any atom is -0.496 e. The average Bonchev–Trinajstić information content (AvgIpc) is 3.17. The van der Waals surface area contributed by atoms with Crippen LogP contribution >= 0.6 is 0 Å². The third kappa shape index (κ3) is 2.64. The first-order valence-electron chi connectivity index (χ1n) is 6.15. The third-order valence-corrected chi connectivity index (χ3v) is 3.28. The highest BCUT2D eigenvalue weighted by molar-refractivity contribution is 5.78. The molecule has 0 aliphatic heterocycles. The molecule has 0 saturated heterocycles. The molecule has 0 heterocycles. The molecule has 1 fully saturated rings. The quantitative estimate of drug-likeness (QED) is 0.836. The standard InChI is InChI=1S/C14H19NO3/c1-17-10-7-13(16)15-14(8-9-14)11-5-3-4-6-12(11)18-2/h3-6H,7-10H2,1-2H3,(H,15,16). The largest absolute Gasteiger partial charge is 0.496 e. The summed E-state index contributed by atoms with van der Waals surface area (Å²) < 4.78 is 10.3. The van der Waals surface area contributed by atoms with Gasteiger partial charge >= 0.3 is 0 Å². The van der Waals surface area contributed by atoms with Gasteiger partial charge in [0, 0.05) is 19.1 Å². The highest BCUT2D eigenvalue weighted by Gasteiger charge is 2.47. The normalized spacial score (nSPS) is 16.1. The van der Waals surface area contributed by atoms with Crippen molar-refractivity contribution >= 4 is 5.91 Å². The number of carbonyl (C=O) groups excluding carboxylic acids is 1. The zero-order valence-corrected chi connectivity index (χ0v) is 10.9. The van der Waals surface area contributed by atoms with Gasteiger partial charge in [0.2, 0.25) is 5.91 Å². The lowest BCUT2D eigenvalue weighted by molar-refractivity contribution is -0.123. The molecule has 4 heteroatoms. The Hall–Kier alpha value is -1.55. The molecule has 0 unspecified atom stereocenters. The Bertz CT molecular complexity index is 427. The first kappa shape index (κ1) is 12.9. The maximum Gasteiger partial charge on any atom is 0.223 e. The zero-order valence-electron chi connectivity index (χ0n) is 10.9. The van der Waals surface area contributed by atoms with E-state index in [0.717, 1.165) is 24.2 Å². The van der Waals surface area contributed by atoms with Crippen LogP contribution in [-0.4, -0.2) is 26.7 Å². The number of rotatable bonds is 6. The van der Waals surface area contributed by atoms with Gasteiger partial charge in [-0.05, 0) is 18.9 Å². The Morgan fingerprint density at radius 2 is 2.06 bits per heavy atom. The van der Waals surface area contributed by atoms with Gasteiger partial charge in [-0.1, -0.05) is 18.2 Å². The number of benzene rings is 1. The number of amides is 1. The van der Waals surface area contributed by atoms with Crippen LogP contribution in [0.4, 0.5) is 0 Å². The van der Waals surface area contributed by atoms with Crippen LogP contribution in [-0.2, 0) is 15.1 Å². The average molecular weight is 249 g/mol. The summed E-state index contributed by atoms with van der Waals surface area (Å²) in [4.78, 5) is 11.8. The van der Waals surface area contributed by atoms with E-state index >= 15 is 0 Å². The molecule has 1 aromatic carbocycles.